The van der Waals surface area contributed by atoms with Gasteiger partial charge in [0.2, 0.25) is 6.10 Å². The van der Waals surface area contributed by atoms with E-state index in [0.29, 0.717) is 0 Å². The summed E-state index contributed by atoms with van der Waals surface area (Å²) in [4.78, 5) is 0. The van der Waals surface area contributed by atoms with Gasteiger partial charge in [-0.1, -0.05) is 0 Å². The van der Waals surface area contributed by atoms with Crippen molar-refractivity contribution in [2.75, 3.05) is 0 Å². The summed E-state index contributed by atoms with van der Waals surface area (Å²) >= 11 is 0. The van der Waals surface area contributed by atoms with E-state index in [0.717, 1.165) is 0 Å². The van der Waals surface area contributed by atoms with Gasteiger partial charge in [0.05, 0.1) is 0 Å². The minimum absolute atomic E-state index is 0. The van der Waals surface area contributed by atoms with Gasteiger partial charge in [0.25, 0.3) is 0 Å². The quantitative estimate of drug-likeness (QED) is 0.431. The van der Waals surface area contributed by atoms with E-state index in [4.69, 9.17) is 5.11 Å². The van der Waals surface area contributed by atoms with Gasteiger partial charge in [-0.2, -0.15) is 26.3 Å². The van der Waals surface area contributed by atoms with Crippen LogP contribution < -0.4 is 0 Å². The van der Waals surface area contributed by atoms with Gasteiger partial charge in [0.1, 0.15) is 0 Å². The second kappa shape index (κ2) is 3.69. The molecule has 1 radical (unpaired) electrons. The maximum Gasteiger partial charge on any atom is 0.423 e. The number of aliphatic hydroxyl groups is 1. The SMILES string of the molecule is OC(C(F)(F)F)C(F)(F)F.[Li]. The molecule has 0 amide bonds. The third-order valence-electron chi connectivity index (χ3n) is 0.620. The van der Waals surface area contributed by atoms with Crippen LogP contribution in [0.4, 0.5) is 26.3 Å². The molecule has 0 saturated carbocycles. The Hall–Kier alpha value is 0.137. The Morgan fingerprint density at radius 2 is 1.00 bits per heavy atom. The van der Waals surface area contributed by atoms with Crippen LogP contribution in [0.5, 0.6) is 0 Å². The molecule has 0 aromatic heterocycles. The molecule has 0 aromatic carbocycles. The Kier molecular flexibility index (Phi) is 4.60. The maximum atomic E-state index is 11.0. The predicted molar refractivity (Wildman–Crippen MR) is 23.9 cm³/mol. The molecule has 11 heavy (non-hydrogen) atoms. The zero-order valence-corrected chi connectivity index (χ0v) is 5.29. The number of halogens is 6. The van der Waals surface area contributed by atoms with Crippen molar-refractivity contribution in [3.63, 3.8) is 0 Å². The first kappa shape index (κ1) is 13.7. The zero-order chi connectivity index (χ0) is 8.58. The molecule has 0 fully saturated rings. The van der Waals surface area contributed by atoms with Crippen molar-refractivity contribution in [3.05, 3.63) is 0 Å². The van der Waals surface area contributed by atoms with Crippen LogP contribution in [0.2, 0.25) is 0 Å². The largest absolute Gasteiger partial charge is 0.423 e. The summed E-state index contributed by atoms with van der Waals surface area (Å²) in [5, 5.41) is 7.47. The van der Waals surface area contributed by atoms with Crippen molar-refractivity contribution in [1.29, 1.82) is 0 Å². The van der Waals surface area contributed by atoms with Gasteiger partial charge in [-0.05, 0) is 0 Å². The van der Waals surface area contributed by atoms with Crippen molar-refractivity contribution < 1.29 is 31.4 Å². The van der Waals surface area contributed by atoms with Crippen LogP contribution in [0, 0.1) is 0 Å². The van der Waals surface area contributed by atoms with Crippen LogP contribution in [-0.4, -0.2) is 42.4 Å². The average molecular weight is 175 g/mol. The first-order chi connectivity index (χ1) is 4.15. The molecule has 0 aliphatic carbocycles. The summed E-state index contributed by atoms with van der Waals surface area (Å²) in [5.74, 6) is 0. The summed E-state index contributed by atoms with van der Waals surface area (Å²) in [6.07, 6.45) is -15.5. The molecular weight excluding hydrogens is 173 g/mol. The van der Waals surface area contributed by atoms with Crippen molar-refractivity contribution in [3.8, 4) is 0 Å². The molecule has 0 rings (SSSR count). The molecule has 0 atom stereocenters. The third kappa shape index (κ3) is 4.56. The minimum Gasteiger partial charge on any atom is -0.377 e. The van der Waals surface area contributed by atoms with Gasteiger partial charge >= 0.3 is 12.4 Å². The molecule has 0 aliphatic rings. The molecule has 0 bridgehead atoms. The van der Waals surface area contributed by atoms with Gasteiger partial charge < -0.3 is 5.11 Å². The van der Waals surface area contributed by atoms with E-state index in [1.54, 1.807) is 0 Å². The molecule has 1 nitrogen and oxygen atoms in total. The zero-order valence-electron chi connectivity index (χ0n) is 5.29. The second-order valence-electron chi connectivity index (χ2n) is 1.49. The topological polar surface area (TPSA) is 20.2 Å². The van der Waals surface area contributed by atoms with Gasteiger partial charge in [-0.25, -0.2) is 0 Å². The van der Waals surface area contributed by atoms with Crippen LogP contribution in [0.25, 0.3) is 0 Å². The number of alkyl halides is 6. The van der Waals surface area contributed by atoms with Crippen molar-refractivity contribution >= 4 is 18.9 Å². The second-order valence-corrected chi connectivity index (χ2v) is 1.49. The van der Waals surface area contributed by atoms with Crippen molar-refractivity contribution in [1.82, 2.24) is 0 Å². The Bertz CT molecular complexity index is 102. The Morgan fingerprint density at radius 1 is 0.818 bits per heavy atom. The fraction of sp³-hybridized carbons (Fsp3) is 1.00. The minimum atomic E-state index is -5.63. The van der Waals surface area contributed by atoms with Crippen molar-refractivity contribution in [2.24, 2.45) is 0 Å². The summed E-state index contributed by atoms with van der Waals surface area (Å²) in [5.41, 5.74) is 0. The van der Waals surface area contributed by atoms with Crippen LogP contribution in [0.3, 0.4) is 0 Å². The van der Waals surface area contributed by atoms with E-state index in [1.807, 2.05) is 0 Å². The van der Waals surface area contributed by atoms with E-state index in [-0.39, 0.29) is 18.9 Å². The van der Waals surface area contributed by atoms with Gasteiger partial charge in [0.15, 0.2) is 0 Å². The smallest absolute Gasteiger partial charge is 0.377 e. The normalized spacial score (nSPS) is 13.1. The summed E-state index contributed by atoms with van der Waals surface area (Å²) in [6, 6.07) is 0. The van der Waals surface area contributed by atoms with E-state index in [2.05, 4.69) is 0 Å². The summed E-state index contributed by atoms with van der Waals surface area (Å²) in [7, 11) is 0. The molecule has 8 heteroatoms. The number of aliphatic hydroxyl groups excluding tert-OH is 1. The number of rotatable bonds is 0. The van der Waals surface area contributed by atoms with Gasteiger partial charge in [-0.15, -0.1) is 0 Å². The van der Waals surface area contributed by atoms with Crippen LogP contribution in [-0.2, 0) is 0 Å². The summed E-state index contributed by atoms with van der Waals surface area (Å²) in [6.45, 7) is 0. The first-order valence-electron chi connectivity index (χ1n) is 1.97. The fourth-order valence-electron chi connectivity index (χ4n) is 0.186. The number of hydrogen-bond donors (Lipinski definition) is 1. The average Bonchev–Trinajstić information content (AvgIpc) is 1.59. The molecule has 1 N–H and O–H groups in total. The summed E-state index contributed by atoms with van der Waals surface area (Å²) < 4.78 is 65.9. The molecule has 0 unspecified atom stereocenters. The monoisotopic (exact) mass is 175 g/mol. The molecule has 0 aliphatic heterocycles. The maximum absolute atomic E-state index is 11.0. The van der Waals surface area contributed by atoms with Crippen molar-refractivity contribution in [2.45, 2.75) is 18.5 Å². The molecular formula is C3H2F6LiO. The first-order valence-corrected chi connectivity index (χ1v) is 1.97. The molecule has 0 spiro atoms. The third-order valence-corrected chi connectivity index (χ3v) is 0.620. The van der Waals surface area contributed by atoms with E-state index in [9.17, 15) is 26.3 Å². The Labute approximate surface area is 69.6 Å². The molecule has 0 aromatic rings. The molecule has 63 valence electrons. The van der Waals surface area contributed by atoms with E-state index < -0.39 is 18.5 Å². The fourth-order valence-corrected chi connectivity index (χ4v) is 0.186. The number of hydrogen-bond acceptors (Lipinski definition) is 1. The molecule has 0 saturated heterocycles. The molecule has 0 heterocycles. The van der Waals surface area contributed by atoms with E-state index >= 15 is 0 Å². The Morgan fingerprint density at radius 3 is 1.00 bits per heavy atom. The predicted octanol–water partition coefficient (Wildman–Crippen LogP) is 1.09. The van der Waals surface area contributed by atoms with Crippen LogP contribution in [0.15, 0.2) is 0 Å². The Balaban J connectivity index is 0. The standard InChI is InChI=1S/C3H2F6O.Li/c4-2(5,6)1(10)3(7,8)9;/h1,10H;. The van der Waals surface area contributed by atoms with Crippen LogP contribution >= 0.6 is 0 Å². The van der Waals surface area contributed by atoms with Gasteiger partial charge in [0, 0.05) is 18.9 Å². The van der Waals surface area contributed by atoms with Gasteiger partial charge in [-0.3, -0.25) is 0 Å². The van der Waals surface area contributed by atoms with Crippen LogP contribution in [0.1, 0.15) is 0 Å². The van der Waals surface area contributed by atoms with E-state index in [1.165, 1.54) is 0 Å².